The van der Waals surface area contributed by atoms with Crippen molar-refractivity contribution in [2.75, 3.05) is 10.6 Å². The van der Waals surface area contributed by atoms with E-state index in [9.17, 15) is 4.79 Å². The van der Waals surface area contributed by atoms with Crippen LogP contribution in [-0.2, 0) is 4.79 Å². The highest BCUT2D eigenvalue weighted by atomic mass is 16.3. The lowest BCUT2D eigenvalue weighted by atomic mass is 9.82. The Labute approximate surface area is 135 Å². The summed E-state index contributed by atoms with van der Waals surface area (Å²) in [6, 6.07) is 12.0. The maximum Gasteiger partial charge on any atom is 0.163 e. The van der Waals surface area contributed by atoms with E-state index in [1.54, 1.807) is 0 Å². The molecule has 2 heterocycles. The van der Waals surface area contributed by atoms with E-state index in [4.69, 9.17) is 4.42 Å². The third kappa shape index (κ3) is 2.44. The zero-order valence-corrected chi connectivity index (χ0v) is 13.3. The van der Waals surface area contributed by atoms with Crippen LogP contribution in [0.1, 0.15) is 37.2 Å². The average molecular weight is 308 g/mol. The molecule has 1 aliphatic heterocycles. The Morgan fingerprint density at radius 1 is 1.09 bits per heavy atom. The molecule has 2 aromatic rings. The van der Waals surface area contributed by atoms with Gasteiger partial charge in [0.1, 0.15) is 11.5 Å². The van der Waals surface area contributed by atoms with Gasteiger partial charge < -0.3 is 15.1 Å². The molecule has 4 rings (SSSR count). The van der Waals surface area contributed by atoms with Gasteiger partial charge in [-0.05, 0) is 44.5 Å². The first-order valence-corrected chi connectivity index (χ1v) is 8.07. The molecule has 4 nitrogen and oxygen atoms in total. The summed E-state index contributed by atoms with van der Waals surface area (Å²) in [5.41, 5.74) is 3.95. The van der Waals surface area contributed by atoms with Crippen LogP contribution in [0.2, 0.25) is 0 Å². The van der Waals surface area contributed by atoms with Gasteiger partial charge in [-0.2, -0.15) is 0 Å². The second-order valence-electron chi connectivity index (χ2n) is 6.41. The lowest BCUT2D eigenvalue weighted by molar-refractivity contribution is -0.116. The van der Waals surface area contributed by atoms with Crippen molar-refractivity contribution in [3.63, 3.8) is 0 Å². The van der Waals surface area contributed by atoms with Crippen LogP contribution in [0.25, 0.3) is 0 Å². The van der Waals surface area contributed by atoms with Crippen molar-refractivity contribution in [3.05, 3.63) is 59.2 Å². The number of allylic oxidation sites excluding steroid dienone is 1. The van der Waals surface area contributed by atoms with Crippen molar-refractivity contribution in [2.24, 2.45) is 0 Å². The van der Waals surface area contributed by atoms with Gasteiger partial charge in [0.2, 0.25) is 0 Å². The van der Waals surface area contributed by atoms with E-state index in [2.05, 4.69) is 10.6 Å². The Hall–Kier alpha value is -2.49. The SMILES string of the molecule is Cc1ccc([C@@H]2CC(=O)C3=C(C2)Nc2ccccc2N[C@@H]3C)o1. The van der Waals surface area contributed by atoms with Crippen LogP contribution in [0.15, 0.2) is 52.1 Å². The Morgan fingerprint density at radius 2 is 1.87 bits per heavy atom. The third-order valence-electron chi connectivity index (χ3n) is 4.69. The van der Waals surface area contributed by atoms with Gasteiger partial charge in [0.05, 0.1) is 17.4 Å². The van der Waals surface area contributed by atoms with Gasteiger partial charge in [-0.15, -0.1) is 0 Å². The quantitative estimate of drug-likeness (QED) is 0.828. The fourth-order valence-corrected chi connectivity index (χ4v) is 3.61. The van der Waals surface area contributed by atoms with E-state index in [1.165, 1.54) is 0 Å². The molecule has 4 heteroatoms. The number of benzene rings is 1. The van der Waals surface area contributed by atoms with E-state index >= 15 is 0 Å². The van der Waals surface area contributed by atoms with Crippen molar-refractivity contribution in [1.29, 1.82) is 0 Å². The second kappa shape index (κ2) is 5.30. The van der Waals surface area contributed by atoms with Gasteiger partial charge in [0.25, 0.3) is 0 Å². The highest BCUT2D eigenvalue weighted by molar-refractivity contribution is 6.00. The second-order valence-corrected chi connectivity index (χ2v) is 6.41. The summed E-state index contributed by atoms with van der Waals surface area (Å²) in [5.74, 6) is 2.11. The van der Waals surface area contributed by atoms with Crippen LogP contribution < -0.4 is 10.6 Å². The number of anilines is 2. The molecule has 118 valence electrons. The number of para-hydroxylation sites is 2. The van der Waals surface area contributed by atoms with Crippen molar-refractivity contribution in [2.45, 2.75) is 38.6 Å². The normalized spacial score (nSPS) is 23.5. The third-order valence-corrected chi connectivity index (χ3v) is 4.69. The lowest BCUT2D eigenvalue weighted by Gasteiger charge is -2.27. The standard InChI is InChI=1S/C19H20N2O2/c1-11-7-8-18(23-11)13-9-16-19(17(22)10-13)12(2)20-14-5-3-4-6-15(14)21-16/h3-8,12-13,20-21H,9-10H2,1-2H3/t12-,13+/m1/s1. The predicted octanol–water partition coefficient (Wildman–Crippen LogP) is 4.21. The van der Waals surface area contributed by atoms with E-state index in [-0.39, 0.29) is 17.7 Å². The van der Waals surface area contributed by atoms with Gasteiger partial charge >= 0.3 is 0 Å². The number of fused-ring (bicyclic) bond motifs is 1. The number of hydrogen-bond donors (Lipinski definition) is 2. The van der Waals surface area contributed by atoms with Gasteiger partial charge in [0, 0.05) is 23.6 Å². The molecule has 0 unspecified atom stereocenters. The minimum absolute atomic E-state index is 0.00735. The molecule has 1 aliphatic carbocycles. The highest BCUT2D eigenvalue weighted by Gasteiger charge is 2.34. The van der Waals surface area contributed by atoms with Crippen LogP contribution in [0.3, 0.4) is 0 Å². The smallest absolute Gasteiger partial charge is 0.163 e. The van der Waals surface area contributed by atoms with Crippen molar-refractivity contribution in [1.82, 2.24) is 0 Å². The van der Waals surface area contributed by atoms with Crippen LogP contribution in [0, 0.1) is 6.92 Å². The molecule has 1 aromatic carbocycles. The maximum atomic E-state index is 12.8. The summed E-state index contributed by atoms with van der Waals surface area (Å²) in [6.07, 6.45) is 1.31. The first kappa shape index (κ1) is 14.1. The fraction of sp³-hybridized carbons (Fsp3) is 0.316. The number of carbonyl (C=O) groups is 1. The fourth-order valence-electron chi connectivity index (χ4n) is 3.61. The van der Waals surface area contributed by atoms with Crippen LogP contribution in [0.5, 0.6) is 0 Å². The summed E-state index contributed by atoms with van der Waals surface area (Å²) >= 11 is 0. The van der Waals surface area contributed by atoms with Gasteiger partial charge in [0.15, 0.2) is 5.78 Å². The number of nitrogens with one attached hydrogen (secondary N) is 2. The Kier molecular flexibility index (Phi) is 3.26. The van der Waals surface area contributed by atoms with E-state index in [1.807, 2.05) is 50.2 Å². The molecule has 0 amide bonds. The van der Waals surface area contributed by atoms with Gasteiger partial charge in [-0.3, -0.25) is 4.79 Å². The van der Waals surface area contributed by atoms with Gasteiger partial charge in [-0.25, -0.2) is 0 Å². The summed E-state index contributed by atoms with van der Waals surface area (Å²) < 4.78 is 5.76. The topological polar surface area (TPSA) is 54.3 Å². The Morgan fingerprint density at radius 3 is 2.61 bits per heavy atom. The molecule has 23 heavy (non-hydrogen) atoms. The molecule has 2 aliphatic rings. The zero-order chi connectivity index (χ0) is 16.0. The van der Waals surface area contributed by atoms with E-state index in [0.29, 0.717) is 6.42 Å². The molecule has 0 spiro atoms. The molecule has 0 fully saturated rings. The van der Waals surface area contributed by atoms with Crippen molar-refractivity contribution < 1.29 is 9.21 Å². The molecule has 2 N–H and O–H groups in total. The number of rotatable bonds is 1. The number of hydrogen-bond acceptors (Lipinski definition) is 4. The average Bonchev–Trinajstić information content (AvgIpc) is 2.88. The van der Waals surface area contributed by atoms with Crippen LogP contribution in [-0.4, -0.2) is 11.8 Å². The summed E-state index contributed by atoms with van der Waals surface area (Å²) in [7, 11) is 0. The molecule has 2 atom stereocenters. The largest absolute Gasteiger partial charge is 0.466 e. The molecule has 0 saturated carbocycles. The Balaban J connectivity index is 1.72. The van der Waals surface area contributed by atoms with E-state index < -0.39 is 0 Å². The van der Waals surface area contributed by atoms with Crippen LogP contribution in [0.4, 0.5) is 11.4 Å². The molecular weight excluding hydrogens is 288 g/mol. The number of furan rings is 1. The zero-order valence-electron chi connectivity index (χ0n) is 13.3. The minimum atomic E-state index is 0.00735. The maximum absolute atomic E-state index is 12.8. The lowest BCUT2D eigenvalue weighted by Crippen LogP contribution is -2.29. The number of aryl methyl sites for hydroxylation is 1. The number of Topliss-reactive ketones (excluding diaryl/α,β-unsaturated/α-hetero) is 1. The monoisotopic (exact) mass is 308 g/mol. The predicted molar refractivity (Wildman–Crippen MR) is 90.6 cm³/mol. The Bertz CT molecular complexity index is 803. The van der Waals surface area contributed by atoms with Crippen molar-refractivity contribution >= 4 is 17.2 Å². The first-order chi connectivity index (χ1) is 11.1. The number of carbonyl (C=O) groups excluding carboxylic acids is 1. The molecule has 0 radical (unpaired) electrons. The molecular formula is C19H20N2O2. The van der Waals surface area contributed by atoms with Gasteiger partial charge in [-0.1, -0.05) is 12.1 Å². The summed E-state index contributed by atoms with van der Waals surface area (Å²) in [4.78, 5) is 12.8. The van der Waals surface area contributed by atoms with Crippen LogP contribution >= 0.6 is 0 Å². The molecule has 0 saturated heterocycles. The first-order valence-electron chi connectivity index (χ1n) is 8.07. The molecule has 0 bridgehead atoms. The van der Waals surface area contributed by atoms with Crippen molar-refractivity contribution in [3.8, 4) is 0 Å². The highest BCUT2D eigenvalue weighted by Crippen LogP contribution is 2.40. The molecule has 1 aromatic heterocycles. The summed E-state index contributed by atoms with van der Waals surface area (Å²) in [6.45, 7) is 3.99. The van der Waals surface area contributed by atoms with E-state index in [0.717, 1.165) is 40.6 Å². The minimum Gasteiger partial charge on any atom is -0.466 e. The number of ketones is 1. The summed E-state index contributed by atoms with van der Waals surface area (Å²) in [5, 5.41) is 6.93.